The van der Waals surface area contributed by atoms with Crippen LogP contribution in [0.4, 0.5) is 10.2 Å². The lowest BCUT2D eigenvalue weighted by molar-refractivity contribution is 0.288. The van der Waals surface area contributed by atoms with Crippen molar-refractivity contribution in [2.45, 2.75) is 19.4 Å². The van der Waals surface area contributed by atoms with Gasteiger partial charge in [-0.05, 0) is 36.5 Å². The van der Waals surface area contributed by atoms with Crippen molar-refractivity contribution in [3.63, 3.8) is 0 Å². The van der Waals surface area contributed by atoms with E-state index in [0.717, 1.165) is 12.2 Å². The van der Waals surface area contributed by atoms with Crippen molar-refractivity contribution in [3.8, 4) is 5.88 Å². The maximum absolute atomic E-state index is 13.8. The minimum atomic E-state index is -0.350. The number of para-hydroxylation sites is 1. The molecule has 0 atom stereocenters. The maximum Gasteiger partial charge on any atom is 0.213 e. The van der Waals surface area contributed by atoms with Crippen molar-refractivity contribution in [1.29, 1.82) is 0 Å². The quantitative estimate of drug-likeness (QED) is 0.751. The summed E-state index contributed by atoms with van der Waals surface area (Å²) in [5.41, 5.74) is 1.31. The SMILES string of the molecule is Fc1cccc2c(NCc3ccc(OCC4CC4)nc3)ncnc12. The van der Waals surface area contributed by atoms with Gasteiger partial charge in [0.05, 0.1) is 6.61 Å². The number of fused-ring (bicyclic) bond motifs is 1. The van der Waals surface area contributed by atoms with E-state index in [2.05, 4.69) is 20.3 Å². The van der Waals surface area contributed by atoms with E-state index >= 15 is 0 Å². The number of rotatable bonds is 6. The molecule has 6 heteroatoms. The molecule has 1 fully saturated rings. The molecule has 3 aromatic rings. The van der Waals surface area contributed by atoms with Crippen LogP contribution in [-0.2, 0) is 6.54 Å². The summed E-state index contributed by atoms with van der Waals surface area (Å²) in [5, 5.41) is 3.87. The molecule has 0 amide bonds. The number of ether oxygens (including phenoxy) is 1. The number of hydrogen-bond acceptors (Lipinski definition) is 5. The lowest BCUT2D eigenvalue weighted by Crippen LogP contribution is -2.04. The summed E-state index contributed by atoms with van der Waals surface area (Å²) in [5.74, 6) is 1.62. The minimum absolute atomic E-state index is 0.317. The Morgan fingerprint density at radius 3 is 2.83 bits per heavy atom. The van der Waals surface area contributed by atoms with E-state index in [9.17, 15) is 4.39 Å². The average molecular weight is 324 g/mol. The number of pyridine rings is 1. The molecule has 2 aromatic heterocycles. The number of anilines is 1. The highest BCUT2D eigenvalue weighted by Gasteiger charge is 2.22. The molecule has 1 saturated carbocycles. The smallest absolute Gasteiger partial charge is 0.213 e. The zero-order valence-corrected chi connectivity index (χ0v) is 13.1. The van der Waals surface area contributed by atoms with Crippen molar-refractivity contribution >= 4 is 16.7 Å². The second-order valence-corrected chi connectivity index (χ2v) is 5.97. The van der Waals surface area contributed by atoms with Gasteiger partial charge >= 0.3 is 0 Å². The topological polar surface area (TPSA) is 59.9 Å². The first-order valence-corrected chi connectivity index (χ1v) is 8.00. The fourth-order valence-corrected chi connectivity index (χ4v) is 2.47. The molecule has 1 N–H and O–H groups in total. The Kier molecular flexibility index (Phi) is 3.94. The molecule has 4 rings (SSSR count). The number of halogens is 1. The molecule has 1 aromatic carbocycles. The van der Waals surface area contributed by atoms with E-state index in [1.54, 1.807) is 18.3 Å². The fraction of sp³-hybridized carbons (Fsp3) is 0.278. The molecule has 24 heavy (non-hydrogen) atoms. The summed E-state index contributed by atoms with van der Waals surface area (Å²) in [6.07, 6.45) is 5.66. The monoisotopic (exact) mass is 324 g/mol. The summed E-state index contributed by atoms with van der Waals surface area (Å²) < 4.78 is 19.4. The molecular formula is C18H17FN4O. The number of hydrogen-bond donors (Lipinski definition) is 1. The first-order chi connectivity index (χ1) is 11.8. The van der Waals surface area contributed by atoms with Crippen LogP contribution in [0.15, 0.2) is 42.9 Å². The van der Waals surface area contributed by atoms with Gasteiger partial charge in [-0.1, -0.05) is 12.1 Å². The Labute approximate surface area is 138 Å². The van der Waals surface area contributed by atoms with Crippen LogP contribution in [0.5, 0.6) is 5.88 Å². The molecule has 0 radical (unpaired) electrons. The average Bonchev–Trinajstić information content (AvgIpc) is 3.44. The second kappa shape index (κ2) is 6.39. The van der Waals surface area contributed by atoms with Gasteiger partial charge in [-0.2, -0.15) is 0 Å². The number of nitrogens with zero attached hydrogens (tertiary/aromatic N) is 3. The third-order valence-electron chi connectivity index (χ3n) is 4.04. The predicted molar refractivity (Wildman–Crippen MR) is 89.3 cm³/mol. The Hall–Kier alpha value is -2.76. The van der Waals surface area contributed by atoms with E-state index in [0.29, 0.717) is 35.1 Å². The molecule has 0 bridgehead atoms. The van der Waals surface area contributed by atoms with E-state index in [1.807, 2.05) is 12.1 Å². The molecule has 0 aliphatic heterocycles. The summed E-state index contributed by atoms with van der Waals surface area (Å²) >= 11 is 0. The van der Waals surface area contributed by atoms with Crippen LogP contribution in [-0.4, -0.2) is 21.6 Å². The van der Waals surface area contributed by atoms with Crippen molar-refractivity contribution < 1.29 is 9.13 Å². The van der Waals surface area contributed by atoms with Crippen molar-refractivity contribution in [3.05, 3.63) is 54.2 Å². The molecule has 122 valence electrons. The first kappa shape index (κ1) is 14.8. The van der Waals surface area contributed by atoms with Gasteiger partial charge in [-0.3, -0.25) is 0 Å². The Balaban J connectivity index is 1.43. The van der Waals surface area contributed by atoms with Gasteiger partial charge in [0, 0.05) is 24.2 Å². The lowest BCUT2D eigenvalue weighted by Gasteiger charge is -2.09. The van der Waals surface area contributed by atoms with Crippen LogP contribution in [0.25, 0.3) is 10.9 Å². The van der Waals surface area contributed by atoms with E-state index < -0.39 is 0 Å². The Morgan fingerprint density at radius 1 is 1.12 bits per heavy atom. The van der Waals surface area contributed by atoms with Gasteiger partial charge in [0.25, 0.3) is 0 Å². The molecule has 5 nitrogen and oxygen atoms in total. The van der Waals surface area contributed by atoms with Gasteiger partial charge in [0.2, 0.25) is 5.88 Å². The van der Waals surface area contributed by atoms with Crippen LogP contribution < -0.4 is 10.1 Å². The number of nitrogens with one attached hydrogen (secondary N) is 1. The number of aromatic nitrogens is 3. The van der Waals surface area contributed by atoms with Crippen LogP contribution in [0, 0.1) is 11.7 Å². The highest BCUT2D eigenvalue weighted by Crippen LogP contribution is 2.29. The highest BCUT2D eigenvalue weighted by molar-refractivity contribution is 5.89. The minimum Gasteiger partial charge on any atom is -0.477 e. The van der Waals surface area contributed by atoms with Gasteiger partial charge in [-0.15, -0.1) is 0 Å². The molecule has 1 aliphatic carbocycles. The zero-order chi connectivity index (χ0) is 16.4. The van der Waals surface area contributed by atoms with Crippen LogP contribution in [0.2, 0.25) is 0 Å². The van der Waals surface area contributed by atoms with Crippen molar-refractivity contribution in [2.24, 2.45) is 5.92 Å². The Bertz CT molecular complexity index is 849. The van der Waals surface area contributed by atoms with Gasteiger partial charge in [-0.25, -0.2) is 19.3 Å². The summed E-state index contributed by atoms with van der Waals surface area (Å²) in [6.45, 7) is 1.29. The largest absolute Gasteiger partial charge is 0.477 e. The Morgan fingerprint density at radius 2 is 2.04 bits per heavy atom. The standard InChI is InChI=1S/C18H17FN4O/c19-15-3-1-2-14-17(15)22-11-23-18(14)21-9-13-6-7-16(20-8-13)24-10-12-4-5-12/h1-3,6-8,11-12H,4-5,9-10H2,(H,21,22,23). The molecule has 0 saturated heterocycles. The third-order valence-corrected chi connectivity index (χ3v) is 4.04. The van der Waals surface area contributed by atoms with E-state index in [-0.39, 0.29) is 5.82 Å². The van der Waals surface area contributed by atoms with Gasteiger partial charge in [0.15, 0.2) is 0 Å². The van der Waals surface area contributed by atoms with Crippen LogP contribution in [0.1, 0.15) is 18.4 Å². The van der Waals surface area contributed by atoms with Crippen molar-refractivity contribution in [2.75, 3.05) is 11.9 Å². The van der Waals surface area contributed by atoms with E-state index in [1.165, 1.54) is 25.2 Å². The van der Waals surface area contributed by atoms with Crippen molar-refractivity contribution in [1.82, 2.24) is 15.0 Å². The van der Waals surface area contributed by atoms with Crippen LogP contribution in [0.3, 0.4) is 0 Å². The highest BCUT2D eigenvalue weighted by atomic mass is 19.1. The first-order valence-electron chi connectivity index (χ1n) is 8.00. The molecule has 1 aliphatic rings. The fourth-order valence-electron chi connectivity index (χ4n) is 2.47. The molecular weight excluding hydrogens is 307 g/mol. The predicted octanol–water partition coefficient (Wildman–Crippen LogP) is 3.56. The second-order valence-electron chi connectivity index (χ2n) is 5.97. The third kappa shape index (κ3) is 3.27. The normalized spacial score (nSPS) is 13.9. The summed E-state index contributed by atoms with van der Waals surface area (Å²) in [6, 6.07) is 8.68. The van der Waals surface area contributed by atoms with Crippen LogP contribution >= 0.6 is 0 Å². The van der Waals surface area contributed by atoms with Gasteiger partial charge < -0.3 is 10.1 Å². The van der Waals surface area contributed by atoms with E-state index in [4.69, 9.17) is 4.74 Å². The zero-order valence-electron chi connectivity index (χ0n) is 13.1. The lowest BCUT2D eigenvalue weighted by atomic mass is 10.2. The molecule has 0 spiro atoms. The van der Waals surface area contributed by atoms with Gasteiger partial charge in [0.1, 0.15) is 23.5 Å². The maximum atomic E-state index is 13.8. The summed E-state index contributed by atoms with van der Waals surface area (Å²) in [4.78, 5) is 12.5. The number of benzene rings is 1. The molecule has 0 unspecified atom stereocenters. The summed E-state index contributed by atoms with van der Waals surface area (Å²) in [7, 11) is 0. The molecule has 2 heterocycles.